The number of aromatic nitrogens is 1. The van der Waals surface area contributed by atoms with Crippen molar-refractivity contribution in [2.75, 3.05) is 34.0 Å². The van der Waals surface area contributed by atoms with Crippen molar-refractivity contribution in [3.05, 3.63) is 45.7 Å². The number of H-pyrrole nitrogens is 1. The van der Waals surface area contributed by atoms with Gasteiger partial charge in [0.15, 0.2) is 22.7 Å². The third-order valence-corrected chi connectivity index (χ3v) is 4.67. The fourth-order valence-corrected chi connectivity index (χ4v) is 3.12. The maximum atomic E-state index is 12.4. The minimum Gasteiger partial charge on any atom is -0.493 e. The van der Waals surface area contributed by atoms with Crippen LogP contribution in [0.4, 0.5) is 0 Å². The number of carbonyl (C=O) groups is 1. The Morgan fingerprint density at radius 1 is 1.13 bits per heavy atom. The predicted octanol–water partition coefficient (Wildman–Crippen LogP) is 3.21. The maximum Gasteiger partial charge on any atom is 0.192 e. The molecule has 0 saturated heterocycles. The van der Waals surface area contributed by atoms with E-state index in [1.807, 2.05) is 12.1 Å². The highest BCUT2D eigenvalue weighted by molar-refractivity contribution is 5.93. The van der Waals surface area contributed by atoms with E-state index in [0.29, 0.717) is 36.4 Å². The van der Waals surface area contributed by atoms with E-state index in [0.717, 1.165) is 30.5 Å². The number of ether oxygens (including phenoxy) is 3. The molecule has 0 aliphatic carbocycles. The third-order valence-electron chi connectivity index (χ3n) is 4.67. The van der Waals surface area contributed by atoms with Crippen molar-refractivity contribution in [3.8, 4) is 22.8 Å². The Bertz CT molecular complexity index is 905. The normalized spacial score (nSPS) is 11.0. The molecule has 2 rings (SSSR count). The first-order valence-corrected chi connectivity index (χ1v) is 10.2. The Hall–Kier alpha value is -2.64. The molecule has 1 aromatic carbocycles. The van der Waals surface area contributed by atoms with E-state index in [-0.39, 0.29) is 16.8 Å². The number of rotatable bonds is 12. The number of hydrogen-bond donors (Lipinski definition) is 2. The molecule has 1 aromatic heterocycles. The van der Waals surface area contributed by atoms with Gasteiger partial charge < -0.3 is 24.5 Å². The van der Waals surface area contributed by atoms with Crippen LogP contribution in [0, 0.1) is 0 Å². The van der Waals surface area contributed by atoms with Crippen LogP contribution in [0.1, 0.15) is 43.1 Å². The summed E-state index contributed by atoms with van der Waals surface area (Å²) in [5.41, 5.74) is 2.33. The lowest BCUT2D eigenvalue weighted by Crippen LogP contribution is -2.25. The molecular formula is C23H32N2O5. The Balaban J connectivity index is 2.44. The number of nitrogens with one attached hydrogen (secondary N) is 2. The van der Waals surface area contributed by atoms with Gasteiger partial charge in [-0.15, -0.1) is 0 Å². The summed E-state index contributed by atoms with van der Waals surface area (Å²) in [4.78, 5) is 27.1. The first-order chi connectivity index (χ1) is 14.4. The van der Waals surface area contributed by atoms with Gasteiger partial charge in [-0.25, -0.2) is 0 Å². The van der Waals surface area contributed by atoms with Gasteiger partial charge in [0.05, 0.1) is 19.3 Å². The van der Waals surface area contributed by atoms with Crippen molar-refractivity contribution in [2.45, 2.75) is 39.7 Å². The van der Waals surface area contributed by atoms with Crippen LogP contribution in [-0.2, 0) is 11.2 Å². The molecule has 7 heteroatoms. The number of hydrogen-bond acceptors (Lipinski definition) is 6. The average Bonchev–Trinajstić information content (AvgIpc) is 2.70. The van der Waals surface area contributed by atoms with Crippen LogP contribution < -0.4 is 20.2 Å². The molecule has 164 valence electrons. The molecule has 0 atom stereocenters. The maximum absolute atomic E-state index is 12.4. The van der Waals surface area contributed by atoms with E-state index in [9.17, 15) is 9.59 Å². The monoisotopic (exact) mass is 416 g/mol. The molecule has 30 heavy (non-hydrogen) atoms. The van der Waals surface area contributed by atoms with Crippen LogP contribution in [0.2, 0.25) is 0 Å². The van der Waals surface area contributed by atoms with E-state index in [1.54, 1.807) is 14.2 Å². The lowest BCUT2D eigenvalue weighted by Gasteiger charge is -2.17. The topological polar surface area (TPSA) is 89.6 Å². The Kier molecular flexibility index (Phi) is 9.08. The van der Waals surface area contributed by atoms with E-state index in [1.165, 1.54) is 19.2 Å². The zero-order valence-corrected chi connectivity index (χ0v) is 18.5. The molecule has 0 radical (unpaired) electrons. The van der Waals surface area contributed by atoms with Gasteiger partial charge in [0, 0.05) is 49.7 Å². The summed E-state index contributed by atoms with van der Waals surface area (Å²) in [6.45, 7) is 7.48. The van der Waals surface area contributed by atoms with Crippen LogP contribution in [0.25, 0.3) is 11.3 Å². The highest BCUT2D eigenvalue weighted by atomic mass is 16.5. The number of Topliss-reactive ketones (excluding diaryl/α,β-unsaturated/α-hetero) is 1. The van der Waals surface area contributed by atoms with Crippen LogP contribution in [0.5, 0.6) is 11.5 Å². The molecule has 7 nitrogen and oxygen atoms in total. The first-order valence-electron chi connectivity index (χ1n) is 10.2. The quantitative estimate of drug-likeness (QED) is 0.408. The minimum absolute atomic E-state index is 0.145. The van der Waals surface area contributed by atoms with Gasteiger partial charge in [0.1, 0.15) is 0 Å². The van der Waals surface area contributed by atoms with Gasteiger partial charge in [0.2, 0.25) is 0 Å². The second kappa shape index (κ2) is 11.5. The average molecular weight is 417 g/mol. The highest BCUT2D eigenvalue weighted by Crippen LogP contribution is 2.35. The van der Waals surface area contributed by atoms with Crippen LogP contribution in [-0.4, -0.2) is 50.8 Å². The molecule has 1 heterocycles. The van der Waals surface area contributed by atoms with Gasteiger partial charge in [-0.3, -0.25) is 9.59 Å². The fourth-order valence-electron chi connectivity index (χ4n) is 3.12. The number of benzene rings is 1. The number of aromatic amines is 1. The molecule has 0 fully saturated rings. The van der Waals surface area contributed by atoms with E-state index in [2.05, 4.69) is 24.1 Å². The van der Waals surface area contributed by atoms with Crippen molar-refractivity contribution in [3.63, 3.8) is 0 Å². The molecular weight excluding hydrogens is 384 g/mol. The molecule has 0 aliphatic rings. The molecule has 0 unspecified atom stereocenters. The number of ketones is 1. The lowest BCUT2D eigenvalue weighted by atomic mass is 9.99. The number of carbonyl (C=O) groups excluding carboxylic acids is 1. The van der Waals surface area contributed by atoms with E-state index in [4.69, 9.17) is 14.2 Å². The summed E-state index contributed by atoms with van der Waals surface area (Å²) >= 11 is 0. The third kappa shape index (κ3) is 6.43. The fraction of sp³-hybridized carbons (Fsp3) is 0.478. The van der Waals surface area contributed by atoms with Crippen LogP contribution in [0.3, 0.4) is 0 Å². The van der Waals surface area contributed by atoms with Crippen molar-refractivity contribution in [1.29, 1.82) is 0 Å². The smallest absolute Gasteiger partial charge is 0.192 e. The predicted molar refractivity (Wildman–Crippen MR) is 118 cm³/mol. The Labute approximate surface area is 177 Å². The van der Waals surface area contributed by atoms with Crippen molar-refractivity contribution in [1.82, 2.24) is 10.3 Å². The summed E-state index contributed by atoms with van der Waals surface area (Å²) in [6, 6.07) is 5.66. The lowest BCUT2D eigenvalue weighted by molar-refractivity contribution is 0.101. The zero-order valence-electron chi connectivity index (χ0n) is 18.5. The first kappa shape index (κ1) is 23.6. The molecule has 2 N–H and O–H groups in total. The van der Waals surface area contributed by atoms with Gasteiger partial charge in [0.25, 0.3) is 0 Å². The number of methoxy groups -OCH3 is 2. The second-order valence-electron chi connectivity index (χ2n) is 7.39. The van der Waals surface area contributed by atoms with Crippen molar-refractivity contribution >= 4 is 5.78 Å². The standard InChI is InChI=1S/C23H32N2O5/c1-15(2)24-8-7-17-11-23(30-10-6-9-28-4)22(29-5)12-18(17)20-13-21(27)19(14-25-20)16(3)26/h11-15,24H,6-10H2,1-5H3,(H,25,27). The second-order valence-corrected chi connectivity index (χ2v) is 7.39. The SMILES string of the molecule is COCCCOc1cc(CCNC(C)C)c(-c2cc(=O)c(C(C)=O)c[nH]2)cc1OC. The van der Waals surface area contributed by atoms with Crippen LogP contribution >= 0.6 is 0 Å². The largest absolute Gasteiger partial charge is 0.493 e. The molecule has 0 aliphatic heterocycles. The minimum atomic E-state index is -0.304. The van der Waals surface area contributed by atoms with Gasteiger partial charge in [-0.2, -0.15) is 0 Å². The summed E-state index contributed by atoms with van der Waals surface area (Å²) in [5.74, 6) is 0.973. The van der Waals surface area contributed by atoms with Crippen LogP contribution in [0.15, 0.2) is 29.2 Å². The molecule has 0 spiro atoms. The summed E-state index contributed by atoms with van der Waals surface area (Å²) < 4.78 is 16.5. The van der Waals surface area contributed by atoms with Gasteiger partial charge in [-0.1, -0.05) is 13.8 Å². The molecule has 0 amide bonds. The highest BCUT2D eigenvalue weighted by Gasteiger charge is 2.16. The van der Waals surface area contributed by atoms with E-state index < -0.39 is 0 Å². The molecule has 0 bridgehead atoms. The van der Waals surface area contributed by atoms with Crippen molar-refractivity contribution in [2.24, 2.45) is 0 Å². The summed E-state index contributed by atoms with van der Waals surface area (Å²) in [7, 11) is 3.25. The molecule has 2 aromatic rings. The Morgan fingerprint density at radius 3 is 2.50 bits per heavy atom. The summed E-state index contributed by atoms with van der Waals surface area (Å²) in [5, 5.41) is 3.41. The van der Waals surface area contributed by atoms with E-state index >= 15 is 0 Å². The number of pyridine rings is 1. The summed E-state index contributed by atoms with van der Waals surface area (Å²) in [6.07, 6.45) is 2.98. The molecule has 0 saturated carbocycles. The Morgan fingerprint density at radius 2 is 1.90 bits per heavy atom. The van der Waals surface area contributed by atoms with Crippen molar-refractivity contribution < 1.29 is 19.0 Å². The van der Waals surface area contributed by atoms with Gasteiger partial charge >= 0.3 is 0 Å². The van der Waals surface area contributed by atoms with Gasteiger partial charge in [-0.05, 0) is 37.6 Å². The zero-order chi connectivity index (χ0) is 22.1.